The van der Waals surface area contributed by atoms with Crippen LogP contribution in [0.3, 0.4) is 0 Å². The van der Waals surface area contributed by atoms with Crippen LogP contribution in [-0.4, -0.2) is 12.7 Å². The number of ether oxygens (including phenoxy) is 1. The lowest BCUT2D eigenvalue weighted by atomic mass is 9.75. The summed E-state index contributed by atoms with van der Waals surface area (Å²) in [4.78, 5) is 0. The molecule has 0 spiro atoms. The molecule has 0 unspecified atom stereocenters. The zero-order valence-corrected chi connectivity index (χ0v) is 11.1. The molecule has 1 heteroatoms. The summed E-state index contributed by atoms with van der Waals surface area (Å²) < 4.78 is 5.88. The largest absolute Gasteiger partial charge is 0.378 e. The highest BCUT2D eigenvalue weighted by Crippen LogP contribution is 2.38. The molecule has 0 aromatic heterocycles. The molecule has 0 N–H and O–H groups in total. The second-order valence-electron chi connectivity index (χ2n) is 5.40. The maximum absolute atomic E-state index is 5.88. The van der Waals surface area contributed by atoms with Crippen LogP contribution >= 0.6 is 0 Å². The van der Waals surface area contributed by atoms with E-state index in [-0.39, 0.29) is 5.60 Å². The summed E-state index contributed by atoms with van der Waals surface area (Å²) in [5, 5.41) is 0. The van der Waals surface area contributed by atoms with Gasteiger partial charge in [0.05, 0.1) is 5.60 Å². The van der Waals surface area contributed by atoms with Crippen molar-refractivity contribution in [2.75, 3.05) is 7.11 Å². The Morgan fingerprint density at radius 3 is 2.35 bits per heavy atom. The lowest BCUT2D eigenvalue weighted by molar-refractivity contribution is -0.0488. The first kappa shape index (κ1) is 12.6. The molecule has 1 fully saturated rings. The van der Waals surface area contributed by atoms with Crippen molar-refractivity contribution in [1.29, 1.82) is 0 Å². The Balaban J connectivity index is 2.01. The minimum Gasteiger partial charge on any atom is -0.378 e. The molecule has 0 bridgehead atoms. The van der Waals surface area contributed by atoms with E-state index >= 15 is 0 Å². The topological polar surface area (TPSA) is 9.23 Å². The van der Waals surface area contributed by atoms with Gasteiger partial charge in [0, 0.05) is 13.5 Å². The minimum absolute atomic E-state index is 0.104. The summed E-state index contributed by atoms with van der Waals surface area (Å²) in [7, 11) is 1.88. The fraction of sp³-hybridized carbons (Fsp3) is 0.625. The molecule has 0 aliphatic heterocycles. The van der Waals surface area contributed by atoms with Gasteiger partial charge in [0.25, 0.3) is 0 Å². The van der Waals surface area contributed by atoms with Crippen molar-refractivity contribution in [1.82, 2.24) is 0 Å². The first-order valence-electron chi connectivity index (χ1n) is 6.87. The normalized spacial score (nSPS) is 29.2. The molecular formula is C16H24O. The van der Waals surface area contributed by atoms with Gasteiger partial charge in [-0.1, -0.05) is 43.7 Å². The van der Waals surface area contributed by atoms with Crippen molar-refractivity contribution >= 4 is 0 Å². The molecule has 0 amide bonds. The van der Waals surface area contributed by atoms with E-state index < -0.39 is 0 Å². The molecule has 0 atom stereocenters. The molecule has 1 aliphatic rings. The van der Waals surface area contributed by atoms with Crippen molar-refractivity contribution in [2.45, 2.75) is 51.0 Å². The zero-order valence-electron chi connectivity index (χ0n) is 11.1. The third kappa shape index (κ3) is 3.10. The van der Waals surface area contributed by atoms with Crippen LogP contribution in [0.4, 0.5) is 0 Å². The Hall–Kier alpha value is -0.820. The number of rotatable bonds is 4. The molecular weight excluding hydrogens is 208 g/mol. The highest BCUT2D eigenvalue weighted by atomic mass is 16.5. The first-order valence-corrected chi connectivity index (χ1v) is 6.87. The summed E-state index contributed by atoms with van der Waals surface area (Å²) in [6.45, 7) is 2.31. The van der Waals surface area contributed by atoms with Crippen LogP contribution in [0.15, 0.2) is 30.3 Å². The molecule has 1 saturated carbocycles. The van der Waals surface area contributed by atoms with E-state index in [2.05, 4.69) is 37.3 Å². The molecule has 0 radical (unpaired) electrons. The van der Waals surface area contributed by atoms with Gasteiger partial charge < -0.3 is 4.74 Å². The summed E-state index contributed by atoms with van der Waals surface area (Å²) in [5.74, 6) is 0.925. The molecule has 94 valence electrons. The Labute approximate surface area is 105 Å². The van der Waals surface area contributed by atoms with Gasteiger partial charge >= 0.3 is 0 Å². The van der Waals surface area contributed by atoms with Crippen LogP contribution in [0, 0.1) is 5.92 Å². The number of benzene rings is 1. The second-order valence-corrected chi connectivity index (χ2v) is 5.40. The number of hydrogen-bond donors (Lipinski definition) is 0. The Bertz CT molecular complexity index is 323. The van der Waals surface area contributed by atoms with Crippen molar-refractivity contribution in [3.05, 3.63) is 35.9 Å². The first-order chi connectivity index (χ1) is 8.28. The van der Waals surface area contributed by atoms with Crippen LogP contribution in [0.2, 0.25) is 0 Å². The average molecular weight is 232 g/mol. The van der Waals surface area contributed by atoms with E-state index in [1.54, 1.807) is 0 Å². The predicted molar refractivity (Wildman–Crippen MR) is 72.1 cm³/mol. The number of methoxy groups -OCH3 is 1. The van der Waals surface area contributed by atoms with E-state index in [9.17, 15) is 0 Å². The fourth-order valence-electron chi connectivity index (χ4n) is 3.03. The minimum atomic E-state index is 0.104. The third-order valence-corrected chi connectivity index (χ3v) is 4.40. The summed E-state index contributed by atoms with van der Waals surface area (Å²) in [6, 6.07) is 10.8. The molecule has 17 heavy (non-hydrogen) atoms. The predicted octanol–water partition coefficient (Wildman–Crippen LogP) is 4.21. The maximum atomic E-state index is 5.88. The van der Waals surface area contributed by atoms with Gasteiger partial charge in [0.2, 0.25) is 0 Å². The lowest BCUT2D eigenvalue weighted by Gasteiger charge is -2.39. The van der Waals surface area contributed by atoms with E-state index in [0.29, 0.717) is 0 Å². The van der Waals surface area contributed by atoms with Gasteiger partial charge in [0.15, 0.2) is 0 Å². The standard InChI is InChI=1S/C16H24O/c1-3-14-9-11-16(17-2,12-10-14)13-15-7-5-4-6-8-15/h4-8,14H,3,9-13H2,1-2H3. The third-order valence-electron chi connectivity index (χ3n) is 4.40. The quantitative estimate of drug-likeness (QED) is 0.755. The van der Waals surface area contributed by atoms with Gasteiger partial charge in [-0.2, -0.15) is 0 Å². The van der Waals surface area contributed by atoms with Gasteiger partial charge in [-0.05, 0) is 37.2 Å². The average Bonchev–Trinajstić information content (AvgIpc) is 2.41. The smallest absolute Gasteiger partial charge is 0.0719 e. The van der Waals surface area contributed by atoms with E-state index in [1.165, 1.54) is 37.7 Å². The van der Waals surface area contributed by atoms with Crippen LogP contribution < -0.4 is 0 Å². The van der Waals surface area contributed by atoms with Gasteiger partial charge in [0.1, 0.15) is 0 Å². The van der Waals surface area contributed by atoms with E-state index in [1.807, 2.05) is 7.11 Å². The molecule has 1 aromatic rings. The molecule has 2 rings (SSSR count). The molecule has 0 saturated heterocycles. The van der Waals surface area contributed by atoms with E-state index in [0.717, 1.165) is 12.3 Å². The monoisotopic (exact) mass is 232 g/mol. The molecule has 1 nitrogen and oxygen atoms in total. The van der Waals surface area contributed by atoms with Crippen LogP contribution in [-0.2, 0) is 11.2 Å². The summed E-state index contributed by atoms with van der Waals surface area (Å²) in [6.07, 6.45) is 7.49. The van der Waals surface area contributed by atoms with Crippen LogP contribution in [0.1, 0.15) is 44.6 Å². The Morgan fingerprint density at radius 2 is 1.82 bits per heavy atom. The number of hydrogen-bond acceptors (Lipinski definition) is 1. The zero-order chi connectivity index (χ0) is 12.1. The fourth-order valence-corrected chi connectivity index (χ4v) is 3.03. The SMILES string of the molecule is CCC1CCC(Cc2ccccc2)(OC)CC1. The van der Waals surface area contributed by atoms with Crippen LogP contribution in [0.25, 0.3) is 0 Å². The summed E-state index contributed by atoms with van der Waals surface area (Å²) >= 11 is 0. The second kappa shape index (κ2) is 5.68. The van der Waals surface area contributed by atoms with Crippen molar-refractivity contribution in [2.24, 2.45) is 5.92 Å². The molecule has 1 aliphatic carbocycles. The van der Waals surface area contributed by atoms with Crippen LogP contribution in [0.5, 0.6) is 0 Å². The van der Waals surface area contributed by atoms with Gasteiger partial charge in [-0.25, -0.2) is 0 Å². The summed E-state index contributed by atoms with van der Waals surface area (Å²) in [5.41, 5.74) is 1.51. The van der Waals surface area contributed by atoms with Gasteiger partial charge in [-0.15, -0.1) is 0 Å². The molecule has 1 aromatic carbocycles. The Kier molecular flexibility index (Phi) is 4.22. The highest BCUT2D eigenvalue weighted by molar-refractivity contribution is 5.17. The highest BCUT2D eigenvalue weighted by Gasteiger charge is 2.34. The van der Waals surface area contributed by atoms with E-state index in [4.69, 9.17) is 4.74 Å². The lowest BCUT2D eigenvalue weighted by Crippen LogP contribution is -2.38. The maximum Gasteiger partial charge on any atom is 0.0719 e. The van der Waals surface area contributed by atoms with Gasteiger partial charge in [-0.3, -0.25) is 0 Å². The Morgan fingerprint density at radius 1 is 1.18 bits per heavy atom. The van der Waals surface area contributed by atoms with Crippen molar-refractivity contribution in [3.63, 3.8) is 0 Å². The molecule has 0 heterocycles. The van der Waals surface area contributed by atoms with Crippen molar-refractivity contribution in [3.8, 4) is 0 Å². The van der Waals surface area contributed by atoms with Crippen molar-refractivity contribution < 1.29 is 4.74 Å².